The molecular weight excluding hydrogens is 182 g/mol. The molecule has 86 valence electrons. The molecule has 1 nitrogen and oxygen atoms in total. The van der Waals surface area contributed by atoms with E-state index in [1.54, 1.807) is 11.1 Å². The summed E-state index contributed by atoms with van der Waals surface area (Å²) in [6, 6.07) is 0.802. The van der Waals surface area contributed by atoms with Gasteiger partial charge in [0.05, 0.1) is 0 Å². The Hall–Kier alpha value is -0.300. The molecule has 1 saturated heterocycles. The summed E-state index contributed by atoms with van der Waals surface area (Å²) in [7, 11) is 0. The van der Waals surface area contributed by atoms with Gasteiger partial charge < -0.3 is 0 Å². The maximum absolute atomic E-state index is 2.71. The fourth-order valence-corrected chi connectivity index (χ4v) is 3.45. The average molecular weight is 207 g/mol. The number of rotatable bonds is 2. The first-order valence-corrected chi connectivity index (χ1v) is 6.58. The molecule has 0 N–H and O–H groups in total. The van der Waals surface area contributed by atoms with Gasteiger partial charge in [-0.25, -0.2) is 0 Å². The second kappa shape index (κ2) is 4.29. The Morgan fingerprint density at radius 1 is 1.07 bits per heavy atom. The minimum Gasteiger partial charge on any atom is -0.296 e. The van der Waals surface area contributed by atoms with E-state index in [-0.39, 0.29) is 0 Å². The van der Waals surface area contributed by atoms with Crippen LogP contribution in [0.4, 0.5) is 0 Å². The molecule has 0 aromatic rings. The topological polar surface area (TPSA) is 3.24 Å². The van der Waals surface area contributed by atoms with Crippen molar-refractivity contribution in [2.75, 3.05) is 13.1 Å². The van der Waals surface area contributed by atoms with Crippen LogP contribution in [-0.4, -0.2) is 24.0 Å². The summed E-state index contributed by atoms with van der Waals surface area (Å²) in [5.74, 6) is 1.50. The smallest absolute Gasteiger partial charge is 0.0313 e. The number of hydrogen-bond acceptors (Lipinski definition) is 1. The Kier molecular flexibility index (Phi) is 3.20. The number of nitrogens with zero attached hydrogens (tertiary/aromatic N) is 1. The zero-order chi connectivity index (χ0) is 11.0. The van der Waals surface area contributed by atoms with E-state index in [1.807, 2.05) is 0 Å². The molecule has 0 saturated carbocycles. The third-order valence-corrected chi connectivity index (χ3v) is 4.08. The lowest BCUT2D eigenvalue weighted by Gasteiger charge is -2.37. The third-order valence-electron chi connectivity index (χ3n) is 4.08. The summed E-state index contributed by atoms with van der Waals surface area (Å²) in [5, 5.41) is 0. The van der Waals surface area contributed by atoms with Crippen molar-refractivity contribution in [3.05, 3.63) is 11.1 Å². The zero-order valence-electron chi connectivity index (χ0n) is 10.7. The highest BCUT2D eigenvalue weighted by Crippen LogP contribution is 2.37. The molecule has 0 spiro atoms. The van der Waals surface area contributed by atoms with Crippen molar-refractivity contribution < 1.29 is 0 Å². The van der Waals surface area contributed by atoms with Crippen LogP contribution in [-0.2, 0) is 0 Å². The minimum atomic E-state index is 0.744. The van der Waals surface area contributed by atoms with Gasteiger partial charge >= 0.3 is 0 Å². The molecule has 1 unspecified atom stereocenters. The summed E-state index contributed by atoms with van der Waals surface area (Å²) < 4.78 is 0. The second-order valence-electron chi connectivity index (χ2n) is 5.73. The van der Waals surface area contributed by atoms with E-state index < -0.39 is 0 Å². The lowest BCUT2D eigenvalue weighted by Crippen LogP contribution is -2.38. The summed E-state index contributed by atoms with van der Waals surface area (Å²) in [5.41, 5.74) is 3.56. The second-order valence-corrected chi connectivity index (χ2v) is 5.73. The Morgan fingerprint density at radius 3 is 2.40 bits per heavy atom. The van der Waals surface area contributed by atoms with Crippen molar-refractivity contribution in [1.29, 1.82) is 0 Å². The number of fused-ring (bicyclic) bond motifs is 1. The first kappa shape index (κ1) is 11.2. The van der Waals surface area contributed by atoms with Gasteiger partial charge in [0, 0.05) is 12.6 Å². The molecule has 0 aromatic carbocycles. The van der Waals surface area contributed by atoms with E-state index in [2.05, 4.69) is 32.6 Å². The van der Waals surface area contributed by atoms with Crippen molar-refractivity contribution in [2.45, 2.75) is 53.0 Å². The Bertz CT molecular complexity index is 263. The molecule has 15 heavy (non-hydrogen) atoms. The Morgan fingerprint density at radius 2 is 1.80 bits per heavy atom. The molecule has 2 rings (SSSR count). The maximum atomic E-state index is 2.71. The highest BCUT2D eigenvalue weighted by Gasteiger charge is 2.34. The lowest BCUT2D eigenvalue weighted by atomic mass is 9.81. The van der Waals surface area contributed by atoms with Crippen molar-refractivity contribution >= 4 is 0 Å². The predicted octanol–water partition coefficient (Wildman–Crippen LogP) is 3.46. The quantitative estimate of drug-likeness (QED) is 0.627. The fourth-order valence-electron chi connectivity index (χ4n) is 3.45. The van der Waals surface area contributed by atoms with Crippen LogP contribution in [0, 0.1) is 11.8 Å². The van der Waals surface area contributed by atoms with Gasteiger partial charge in [0.15, 0.2) is 0 Å². The predicted molar refractivity (Wildman–Crippen MR) is 65.9 cm³/mol. The number of hydrogen-bond donors (Lipinski definition) is 0. The van der Waals surface area contributed by atoms with Crippen LogP contribution in [0.3, 0.4) is 0 Å². The first-order chi connectivity index (χ1) is 7.11. The van der Waals surface area contributed by atoms with Crippen LogP contribution in [0.5, 0.6) is 0 Å². The highest BCUT2D eigenvalue weighted by atomic mass is 15.2. The van der Waals surface area contributed by atoms with Crippen molar-refractivity contribution in [2.24, 2.45) is 11.8 Å². The molecule has 0 radical (unpaired) electrons. The molecule has 1 atom stereocenters. The van der Waals surface area contributed by atoms with Crippen LogP contribution in [0.2, 0.25) is 0 Å². The maximum Gasteiger partial charge on any atom is 0.0313 e. The van der Waals surface area contributed by atoms with Crippen LogP contribution < -0.4 is 0 Å². The van der Waals surface area contributed by atoms with E-state index in [4.69, 9.17) is 0 Å². The van der Waals surface area contributed by atoms with E-state index in [9.17, 15) is 0 Å². The summed E-state index contributed by atoms with van der Waals surface area (Å²) in [4.78, 5) is 2.71. The Balaban J connectivity index is 2.33. The molecule has 0 bridgehead atoms. The van der Waals surface area contributed by atoms with Crippen LogP contribution in [0.25, 0.3) is 0 Å². The standard InChI is InChI=1S/C14H25N/c1-10(2)12-7-9-15-8-5-6-13(15)14(12)11(3)4/h10-11,13H,5-9H2,1-4H3. The lowest BCUT2D eigenvalue weighted by molar-refractivity contribution is 0.249. The monoisotopic (exact) mass is 207 g/mol. The van der Waals surface area contributed by atoms with E-state index in [0.717, 1.165) is 17.9 Å². The van der Waals surface area contributed by atoms with Gasteiger partial charge in [-0.05, 0) is 37.6 Å². The molecule has 0 aliphatic carbocycles. The van der Waals surface area contributed by atoms with Crippen molar-refractivity contribution in [1.82, 2.24) is 4.90 Å². The van der Waals surface area contributed by atoms with Gasteiger partial charge in [-0.1, -0.05) is 38.8 Å². The minimum absolute atomic E-state index is 0.744. The molecule has 0 amide bonds. The molecule has 1 fully saturated rings. The largest absolute Gasteiger partial charge is 0.296 e. The molecule has 2 heterocycles. The molecular formula is C14H25N. The van der Waals surface area contributed by atoms with Crippen molar-refractivity contribution in [3.8, 4) is 0 Å². The summed E-state index contributed by atoms with van der Waals surface area (Å²) in [6.45, 7) is 12.1. The average Bonchev–Trinajstić information content (AvgIpc) is 2.62. The molecule has 2 aliphatic heterocycles. The normalized spacial score (nSPS) is 28.0. The molecule has 0 aromatic heterocycles. The van der Waals surface area contributed by atoms with Gasteiger partial charge in [0.25, 0.3) is 0 Å². The third kappa shape index (κ3) is 1.99. The Labute approximate surface area is 94.5 Å². The van der Waals surface area contributed by atoms with Gasteiger partial charge in [-0.3, -0.25) is 4.90 Å². The highest BCUT2D eigenvalue weighted by molar-refractivity contribution is 5.27. The van der Waals surface area contributed by atoms with Crippen LogP contribution in [0.15, 0.2) is 11.1 Å². The molecule has 2 aliphatic rings. The van der Waals surface area contributed by atoms with Crippen LogP contribution >= 0.6 is 0 Å². The van der Waals surface area contributed by atoms with E-state index in [0.29, 0.717) is 0 Å². The van der Waals surface area contributed by atoms with Crippen LogP contribution in [0.1, 0.15) is 47.0 Å². The van der Waals surface area contributed by atoms with E-state index in [1.165, 1.54) is 32.4 Å². The van der Waals surface area contributed by atoms with Gasteiger partial charge in [0.1, 0.15) is 0 Å². The van der Waals surface area contributed by atoms with E-state index >= 15 is 0 Å². The van der Waals surface area contributed by atoms with Gasteiger partial charge in [-0.15, -0.1) is 0 Å². The SMILES string of the molecule is CC(C)C1=C(C(C)C)C2CCCN2CC1. The zero-order valence-corrected chi connectivity index (χ0v) is 10.7. The molecule has 1 heteroatoms. The van der Waals surface area contributed by atoms with Crippen molar-refractivity contribution in [3.63, 3.8) is 0 Å². The first-order valence-electron chi connectivity index (χ1n) is 6.58. The summed E-state index contributed by atoms with van der Waals surface area (Å²) in [6.07, 6.45) is 4.14. The van der Waals surface area contributed by atoms with Gasteiger partial charge in [0.2, 0.25) is 0 Å². The fraction of sp³-hybridized carbons (Fsp3) is 0.857. The summed E-state index contributed by atoms with van der Waals surface area (Å²) >= 11 is 0. The van der Waals surface area contributed by atoms with Gasteiger partial charge in [-0.2, -0.15) is 0 Å².